The van der Waals surface area contributed by atoms with E-state index in [0.29, 0.717) is 5.56 Å². The Morgan fingerprint density at radius 2 is 1.88 bits per heavy atom. The Bertz CT molecular complexity index is 595. The number of hydrogen-bond acceptors (Lipinski definition) is 3. The SMILES string of the molecule is CC(C)(C)[S@](=O)NC(c1ccc(Cl)nc1)C1(O)CCC(F)(F)CC1. The van der Waals surface area contributed by atoms with Crippen molar-refractivity contribution in [3.05, 3.63) is 29.0 Å². The minimum Gasteiger partial charge on any atom is -0.388 e. The molecule has 1 aliphatic rings. The fourth-order valence-electron chi connectivity index (χ4n) is 2.67. The Labute approximate surface area is 148 Å². The largest absolute Gasteiger partial charge is 0.388 e. The van der Waals surface area contributed by atoms with Gasteiger partial charge in [0.05, 0.1) is 27.4 Å². The fraction of sp³-hybridized carbons (Fsp3) is 0.688. The molecule has 1 heterocycles. The van der Waals surface area contributed by atoms with E-state index in [-0.39, 0.29) is 18.0 Å². The standard InChI is InChI=1S/C16H23ClF2N2O2S/c1-14(2,3)24(23)21-13(11-4-5-12(17)20-10-11)15(22)6-8-16(18,19)9-7-15/h4-5,10,13,21-22H,6-9H2,1-3H3/t13?,24-/m0/s1. The Kier molecular flexibility index (Phi) is 5.69. The van der Waals surface area contributed by atoms with Crippen LogP contribution in [0.25, 0.3) is 0 Å². The lowest BCUT2D eigenvalue weighted by atomic mass is 9.76. The predicted molar refractivity (Wildman–Crippen MR) is 91.4 cm³/mol. The van der Waals surface area contributed by atoms with E-state index in [4.69, 9.17) is 11.6 Å². The topological polar surface area (TPSA) is 62.2 Å². The summed E-state index contributed by atoms with van der Waals surface area (Å²) in [7, 11) is -1.48. The molecule has 4 nitrogen and oxygen atoms in total. The van der Waals surface area contributed by atoms with Crippen molar-refractivity contribution >= 4 is 22.6 Å². The maximum Gasteiger partial charge on any atom is 0.248 e. The first kappa shape index (κ1) is 19.7. The van der Waals surface area contributed by atoms with Gasteiger partial charge in [0.2, 0.25) is 5.92 Å². The van der Waals surface area contributed by atoms with E-state index in [0.717, 1.165) is 0 Å². The van der Waals surface area contributed by atoms with E-state index >= 15 is 0 Å². The van der Waals surface area contributed by atoms with Crippen molar-refractivity contribution in [2.45, 2.75) is 68.8 Å². The number of aromatic nitrogens is 1. The second kappa shape index (κ2) is 6.94. The first-order chi connectivity index (χ1) is 10.9. The summed E-state index contributed by atoms with van der Waals surface area (Å²) in [5.41, 5.74) is -0.845. The van der Waals surface area contributed by atoms with Crippen LogP contribution in [0.1, 0.15) is 58.1 Å². The quantitative estimate of drug-likeness (QED) is 0.781. The number of rotatable bonds is 4. The molecule has 1 aromatic heterocycles. The van der Waals surface area contributed by atoms with Gasteiger partial charge in [0.25, 0.3) is 0 Å². The van der Waals surface area contributed by atoms with Gasteiger partial charge in [0.1, 0.15) is 5.15 Å². The van der Waals surface area contributed by atoms with Gasteiger partial charge >= 0.3 is 0 Å². The van der Waals surface area contributed by atoms with E-state index in [1.165, 1.54) is 6.20 Å². The van der Waals surface area contributed by atoms with Gasteiger partial charge in [-0.3, -0.25) is 0 Å². The first-order valence-electron chi connectivity index (χ1n) is 7.83. The van der Waals surface area contributed by atoms with E-state index < -0.39 is 46.1 Å². The molecule has 1 fully saturated rings. The fourth-order valence-corrected chi connectivity index (χ4v) is 3.70. The molecule has 1 saturated carbocycles. The van der Waals surface area contributed by atoms with E-state index in [1.807, 2.05) is 0 Å². The van der Waals surface area contributed by atoms with Crippen molar-refractivity contribution in [2.24, 2.45) is 0 Å². The average molecular weight is 381 g/mol. The molecular weight excluding hydrogens is 358 g/mol. The van der Waals surface area contributed by atoms with Gasteiger partial charge in [-0.15, -0.1) is 0 Å². The molecule has 136 valence electrons. The normalized spacial score (nSPS) is 22.8. The van der Waals surface area contributed by atoms with Crippen LogP contribution in [0.4, 0.5) is 8.78 Å². The number of halogens is 3. The Balaban J connectivity index is 2.32. The van der Waals surface area contributed by atoms with Gasteiger partial charge in [-0.05, 0) is 45.2 Å². The molecule has 1 unspecified atom stereocenters. The highest BCUT2D eigenvalue weighted by Crippen LogP contribution is 2.44. The Hall–Kier alpha value is -0.630. The van der Waals surface area contributed by atoms with Crippen molar-refractivity contribution in [3.8, 4) is 0 Å². The zero-order valence-electron chi connectivity index (χ0n) is 14.0. The summed E-state index contributed by atoms with van der Waals surface area (Å²) in [4.78, 5) is 3.99. The molecule has 0 aliphatic heterocycles. The van der Waals surface area contributed by atoms with Crippen LogP contribution in [0.5, 0.6) is 0 Å². The minimum atomic E-state index is -2.77. The second-order valence-electron chi connectivity index (χ2n) is 7.31. The van der Waals surface area contributed by atoms with Gasteiger partial charge in [-0.25, -0.2) is 22.7 Å². The van der Waals surface area contributed by atoms with Crippen LogP contribution in [0, 0.1) is 0 Å². The summed E-state index contributed by atoms with van der Waals surface area (Å²) in [5, 5.41) is 11.3. The summed E-state index contributed by atoms with van der Waals surface area (Å²) in [6.07, 6.45) is 0.517. The first-order valence-corrected chi connectivity index (χ1v) is 9.35. The second-order valence-corrected chi connectivity index (χ2v) is 9.69. The third kappa shape index (κ3) is 4.71. The number of alkyl halides is 2. The molecule has 1 aromatic rings. The van der Waals surface area contributed by atoms with Gasteiger partial charge < -0.3 is 5.11 Å². The maximum absolute atomic E-state index is 13.5. The van der Waals surface area contributed by atoms with Crippen molar-refractivity contribution < 1.29 is 18.1 Å². The van der Waals surface area contributed by atoms with Crippen LogP contribution in [0.2, 0.25) is 5.15 Å². The number of hydrogen-bond donors (Lipinski definition) is 2. The van der Waals surface area contributed by atoms with Crippen LogP contribution in [-0.2, 0) is 11.0 Å². The van der Waals surface area contributed by atoms with E-state index in [2.05, 4.69) is 9.71 Å². The molecule has 2 N–H and O–H groups in total. The number of nitrogens with zero attached hydrogens (tertiary/aromatic N) is 1. The lowest BCUT2D eigenvalue weighted by Crippen LogP contribution is -2.50. The van der Waals surface area contributed by atoms with Crippen molar-refractivity contribution in [1.82, 2.24) is 9.71 Å². The number of aliphatic hydroxyl groups is 1. The Morgan fingerprint density at radius 1 is 1.29 bits per heavy atom. The molecule has 0 spiro atoms. The summed E-state index contributed by atoms with van der Waals surface area (Å²) in [6.45, 7) is 5.39. The summed E-state index contributed by atoms with van der Waals surface area (Å²) < 4.78 is 41.9. The third-order valence-corrected chi connectivity index (χ3v) is 6.04. The van der Waals surface area contributed by atoms with Gasteiger partial charge in [0.15, 0.2) is 0 Å². The van der Waals surface area contributed by atoms with Crippen molar-refractivity contribution in [2.75, 3.05) is 0 Å². The lowest BCUT2D eigenvalue weighted by Gasteiger charge is -2.42. The molecule has 0 aromatic carbocycles. The van der Waals surface area contributed by atoms with E-state index in [9.17, 15) is 18.1 Å². The van der Waals surface area contributed by atoms with Crippen LogP contribution in [0.15, 0.2) is 18.3 Å². The third-order valence-electron chi connectivity index (χ3n) is 4.25. The highest BCUT2D eigenvalue weighted by molar-refractivity contribution is 7.84. The number of nitrogens with one attached hydrogen (secondary N) is 1. The molecule has 0 bridgehead atoms. The maximum atomic E-state index is 13.5. The molecule has 8 heteroatoms. The lowest BCUT2D eigenvalue weighted by molar-refractivity contribution is -0.115. The molecule has 2 atom stereocenters. The Morgan fingerprint density at radius 3 is 2.33 bits per heavy atom. The molecule has 1 aliphatic carbocycles. The van der Waals surface area contributed by atoms with Crippen molar-refractivity contribution in [1.29, 1.82) is 0 Å². The average Bonchev–Trinajstić information content (AvgIpc) is 2.48. The van der Waals surface area contributed by atoms with Crippen LogP contribution in [0.3, 0.4) is 0 Å². The highest BCUT2D eigenvalue weighted by atomic mass is 35.5. The van der Waals surface area contributed by atoms with Crippen LogP contribution in [-0.4, -0.2) is 30.6 Å². The zero-order valence-corrected chi connectivity index (χ0v) is 15.6. The smallest absolute Gasteiger partial charge is 0.248 e. The predicted octanol–water partition coefficient (Wildman–Crippen LogP) is 3.77. The summed E-state index contributed by atoms with van der Waals surface area (Å²) in [6, 6.07) is 2.46. The van der Waals surface area contributed by atoms with Crippen LogP contribution < -0.4 is 4.72 Å². The summed E-state index contributed by atoms with van der Waals surface area (Å²) >= 11 is 5.80. The summed E-state index contributed by atoms with van der Waals surface area (Å²) in [5.74, 6) is -2.77. The highest BCUT2D eigenvalue weighted by Gasteiger charge is 2.48. The van der Waals surface area contributed by atoms with Gasteiger partial charge in [0, 0.05) is 19.0 Å². The molecule has 0 radical (unpaired) electrons. The molecule has 24 heavy (non-hydrogen) atoms. The van der Waals surface area contributed by atoms with Crippen molar-refractivity contribution in [3.63, 3.8) is 0 Å². The van der Waals surface area contributed by atoms with E-state index in [1.54, 1.807) is 32.9 Å². The molecule has 0 amide bonds. The molecule has 2 rings (SSSR count). The van der Waals surface area contributed by atoms with Gasteiger partial charge in [-0.2, -0.15) is 0 Å². The minimum absolute atomic E-state index is 0.0817. The number of pyridine rings is 1. The van der Waals surface area contributed by atoms with Gasteiger partial charge in [-0.1, -0.05) is 17.7 Å². The van der Waals surface area contributed by atoms with Crippen LogP contribution >= 0.6 is 11.6 Å². The molecule has 0 saturated heterocycles. The molecular formula is C16H23ClF2N2O2S. The monoisotopic (exact) mass is 380 g/mol. The zero-order chi connectivity index (χ0) is 18.2.